The third kappa shape index (κ3) is 3.21. The number of aromatic nitrogens is 1. The molecule has 0 atom stereocenters. The standard InChI is InChI=1S/C15H23BFNO3/c1-13(2,3)19-12-11(17)10(8-9-18-12)16-20-14(4,5)15(6,7)21-16/h8-9H,1-7H3. The first kappa shape index (κ1) is 16.2. The van der Waals surface area contributed by atoms with Crippen LogP contribution in [-0.2, 0) is 9.31 Å². The Bertz CT molecular complexity index is 524. The van der Waals surface area contributed by atoms with Gasteiger partial charge in [-0.15, -0.1) is 0 Å². The molecule has 0 aromatic carbocycles. The summed E-state index contributed by atoms with van der Waals surface area (Å²) in [5, 5.41) is 0. The fourth-order valence-corrected chi connectivity index (χ4v) is 1.95. The molecule has 0 aliphatic carbocycles. The molecule has 2 rings (SSSR count). The van der Waals surface area contributed by atoms with E-state index in [-0.39, 0.29) is 5.88 Å². The monoisotopic (exact) mass is 295 g/mol. The van der Waals surface area contributed by atoms with E-state index in [4.69, 9.17) is 14.0 Å². The molecule has 0 N–H and O–H groups in total. The lowest BCUT2D eigenvalue weighted by atomic mass is 9.79. The van der Waals surface area contributed by atoms with E-state index in [2.05, 4.69) is 4.98 Å². The molecule has 1 saturated heterocycles. The number of hydrogen-bond acceptors (Lipinski definition) is 4. The maximum Gasteiger partial charge on any atom is 0.498 e. The highest BCUT2D eigenvalue weighted by atomic mass is 19.1. The molecule has 6 heteroatoms. The molecule has 0 saturated carbocycles. The third-order valence-electron chi connectivity index (χ3n) is 3.80. The van der Waals surface area contributed by atoms with Crippen LogP contribution in [0.2, 0.25) is 0 Å². The highest BCUT2D eigenvalue weighted by Crippen LogP contribution is 2.36. The Morgan fingerprint density at radius 2 is 1.67 bits per heavy atom. The zero-order valence-corrected chi connectivity index (χ0v) is 13.8. The fraction of sp³-hybridized carbons (Fsp3) is 0.667. The van der Waals surface area contributed by atoms with Gasteiger partial charge in [-0.3, -0.25) is 0 Å². The first-order chi connectivity index (χ1) is 9.43. The molecule has 0 unspecified atom stereocenters. The van der Waals surface area contributed by atoms with Gasteiger partial charge in [0, 0.05) is 11.7 Å². The Hall–Kier alpha value is -1.14. The number of rotatable bonds is 2. The van der Waals surface area contributed by atoms with Gasteiger partial charge in [0.15, 0.2) is 5.82 Å². The Morgan fingerprint density at radius 1 is 1.14 bits per heavy atom. The maximum atomic E-state index is 14.6. The van der Waals surface area contributed by atoms with E-state index in [1.807, 2.05) is 48.5 Å². The van der Waals surface area contributed by atoms with Crippen molar-refractivity contribution >= 4 is 12.6 Å². The minimum atomic E-state index is -0.764. The first-order valence-electron chi connectivity index (χ1n) is 7.12. The molecule has 1 aliphatic rings. The predicted octanol–water partition coefficient (Wildman–Crippen LogP) is 2.70. The second-order valence-electron chi connectivity index (χ2n) is 7.32. The van der Waals surface area contributed by atoms with Gasteiger partial charge in [-0.1, -0.05) is 0 Å². The normalized spacial score (nSPS) is 20.7. The summed E-state index contributed by atoms with van der Waals surface area (Å²) in [5.74, 6) is -0.569. The van der Waals surface area contributed by atoms with Gasteiger partial charge in [0.2, 0.25) is 0 Å². The molecule has 1 aromatic heterocycles. The number of hydrogen-bond donors (Lipinski definition) is 0. The summed E-state index contributed by atoms with van der Waals surface area (Å²) in [6.07, 6.45) is 1.50. The maximum absolute atomic E-state index is 14.6. The number of ether oxygens (including phenoxy) is 1. The van der Waals surface area contributed by atoms with Gasteiger partial charge in [-0.2, -0.15) is 0 Å². The highest BCUT2D eigenvalue weighted by Gasteiger charge is 2.52. The zero-order chi connectivity index (χ0) is 16.1. The Morgan fingerprint density at radius 3 is 2.14 bits per heavy atom. The Kier molecular flexibility index (Phi) is 3.83. The zero-order valence-electron chi connectivity index (χ0n) is 13.8. The minimum absolute atomic E-state index is 0.0327. The van der Waals surface area contributed by atoms with E-state index in [0.717, 1.165) is 0 Å². The second kappa shape index (κ2) is 4.95. The van der Waals surface area contributed by atoms with Crippen LogP contribution in [0, 0.1) is 5.82 Å². The average molecular weight is 295 g/mol. The molecule has 0 bridgehead atoms. The predicted molar refractivity (Wildman–Crippen MR) is 80.3 cm³/mol. The molecular formula is C15H23BFNO3. The van der Waals surface area contributed by atoms with E-state index in [0.29, 0.717) is 5.46 Å². The van der Waals surface area contributed by atoms with Gasteiger partial charge < -0.3 is 14.0 Å². The lowest BCUT2D eigenvalue weighted by Gasteiger charge is -2.32. The summed E-state index contributed by atoms with van der Waals surface area (Å²) in [5.41, 5.74) is -1.25. The average Bonchev–Trinajstić information content (AvgIpc) is 2.49. The number of nitrogens with zero attached hydrogens (tertiary/aromatic N) is 1. The van der Waals surface area contributed by atoms with Crippen molar-refractivity contribution in [3.63, 3.8) is 0 Å². The largest absolute Gasteiger partial charge is 0.498 e. The van der Waals surface area contributed by atoms with Gasteiger partial charge in [0.1, 0.15) is 5.60 Å². The molecule has 21 heavy (non-hydrogen) atoms. The van der Waals surface area contributed by atoms with Crippen LogP contribution in [0.1, 0.15) is 48.5 Å². The molecule has 0 spiro atoms. The lowest BCUT2D eigenvalue weighted by Crippen LogP contribution is -2.41. The molecule has 1 aliphatic heterocycles. The van der Waals surface area contributed by atoms with E-state index in [9.17, 15) is 4.39 Å². The first-order valence-corrected chi connectivity index (χ1v) is 7.12. The smallest absolute Gasteiger partial charge is 0.470 e. The van der Waals surface area contributed by atoms with Crippen molar-refractivity contribution in [2.24, 2.45) is 0 Å². The van der Waals surface area contributed by atoms with Crippen LogP contribution in [-0.4, -0.2) is 28.9 Å². The van der Waals surface area contributed by atoms with Gasteiger partial charge in [-0.25, -0.2) is 9.37 Å². The van der Waals surface area contributed by atoms with E-state index < -0.39 is 29.7 Å². The fourth-order valence-electron chi connectivity index (χ4n) is 1.95. The number of halogens is 1. The molecule has 1 fully saturated rings. The minimum Gasteiger partial charge on any atom is -0.470 e. The summed E-state index contributed by atoms with van der Waals surface area (Å²) in [4.78, 5) is 3.96. The summed E-state index contributed by atoms with van der Waals surface area (Å²) in [6, 6.07) is 1.56. The summed E-state index contributed by atoms with van der Waals surface area (Å²) >= 11 is 0. The van der Waals surface area contributed by atoms with E-state index >= 15 is 0 Å². The van der Waals surface area contributed by atoms with Crippen LogP contribution < -0.4 is 10.2 Å². The van der Waals surface area contributed by atoms with E-state index in [1.165, 1.54) is 6.20 Å². The van der Waals surface area contributed by atoms with Crippen LogP contribution in [0.3, 0.4) is 0 Å². The van der Waals surface area contributed by atoms with Gasteiger partial charge >= 0.3 is 7.12 Å². The number of pyridine rings is 1. The van der Waals surface area contributed by atoms with Crippen LogP contribution in [0.15, 0.2) is 12.3 Å². The van der Waals surface area contributed by atoms with Crippen molar-refractivity contribution < 1.29 is 18.4 Å². The van der Waals surface area contributed by atoms with Gasteiger partial charge in [0.05, 0.1) is 11.2 Å². The van der Waals surface area contributed by atoms with Crippen molar-refractivity contribution in [1.29, 1.82) is 0 Å². The second-order valence-corrected chi connectivity index (χ2v) is 7.32. The van der Waals surface area contributed by atoms with Gasteiger partial charge in [0.25, 0.3) is 5.88 Å². The van der Waals surface area contributed by atoms with Crippen molar-refractivity contribution in [2.45, 2.75) is 65.3 Å². The molecule has 1 aromatic rings. The molecule has 0 amide bonds. The lowest BCUT2D eigenvalue weighted by molar-refractivity contribution is 0.00578. The summed E-state index contributed by atoms with van der Waals surface area (Å²) in [7, 11) is -0.764. The molecule has 0 radical (unpaired) electrons. The summed E-state index contributed by atoms with van der Waals surface area (Å²) < 4.78 is 31.9. The third-order valence-corrected chi connectivity index (χ3v) is 3.80. The Balaban J connectivity index is 2.33. The Labute approximate surface area is 126 Å². The van der Waals surface area contributed by atoms with E-state index in [1.54, 1.807) is 6.07 Å². The van der Waals surface area contributed by atoms with Crippen molar-refractivity contribution in [3.05, 3.63) is 18.1 Å². The van der Waals surface area contributed by atoms with Crippen molar-refractivity contribution in [1.82, 2.24) is 4.98 Å². The topological polar surface area (TPSA) is 40.6 Å². The molecule has 116 valence electrons. The van der Waals surface area contributed by atoms with Crippen LogP contribution in [0.4, 0.5) is 4.39 Å². The molecular weight excluding hydrogens is 272 g/mol. The SMILES string of the molecule is CC(C)(C)Oc1nccc(B2OC(C)(C)C(C)(C)O2)c1F. The van der Waals surface area contributed by atoms with Crippen molar-refractivity contribution in [2.75, 3.05) is 0 Å². The van der Waals surface area contributed by atoms with Crippen LogP contribution in [0.25, 0.3) is 0 Å². The quantitative estimate of drug-likeness (QED) is 0.787. The van der Waals surface area contributed by atoms with Gasteiger partial charge in [-0.05, 0) is 54.5 Å². The van der Waals surface area contributed by atoms with Crippen molar-refractivity contribution in [3.8, 4) is 5.88 Å². The summed E-state index contributed by atoms with van der Waals surface area (Å²) in [6.45, 7) is 13.2. The highest BCUT2D eigenvalue weighted by molar-refractivity contribution is 6.62. The van der Waals surface area contributed by atoms with Crippen LogP contribution in [0.5, 0.6) is 5.88 Å². The van der Waals surface area contributed by atoms with Crippen LogP contribution >= 0.6 is 0 Å². The molecule has 2 heterocycles. The molecule has 4 nitrogen and oxygen atoms in total.